The summed E-state index contributed by atoms with van der Waals surface area (Å²) in [7, 11) is 1.65. The number of anilines is 1. The number of ether oxygens (including phenoxy) is 2. The van der Waals surface area contributed by atoms with E-state index in [9.17, 15) is 9.59 Å². The van der Waals surface area contributed by atoms with Crippen molar-refractivity contribution < 1.29 is 23.5 Å². The Morgan fingerprint density at radius 1 is 0.720 bits per heavy atom. The first-order chi connectivity index (χ1) is 24.6. The molecular weight excluding hydrogens is 647 g/mol. The van der Waals surface area contributed by atoms with Gasteiger partial charge >= 0.3 is 0 Å². The predicted molar refractivity (Wildman–Crippen MR) is 197 cm³/mol. The van der Waals surface area contributed by atoms with E-state index >= 15 is 0 Å². The SMILES string of the molecule is CNC(=O)CCCCCCC(=O)Nc1ccc(C2CC(CSc3nc(-c4ccccc4)c(-c4ccccc4)o3)OC(c3ccccc3)O2)cc1. The summed E-state index contributed by atoms with van der Waals surface area (Å²) in [5.74, 6) is 1.43. The van der Waals surface area contributed by atoms with Gasteiger partial charge in [-0.1, -0.05) is 128 Å². The average Bonchev–Trinajstić information content (AvgIpc) is 3.61. The van der Waals surface area contributed by atoms with Crippen molar-refractivity contribution in [1.82, 2.24) is 10.3 Å². The minimum Gasteiger partial charge on any atom is -0.431 e. The van der Waals surface area contributed by atoms with Crippen LogP contribution in [0.1, 0.15) is 68.5 Å². The number of carbonyl (C=O) groups is 2. The van der Waals surface area contributed by atoms with Crippen molar-refractivity contribution in [3.63, 3.8) is 0 Å². The molecule has 1 fully saturated rings. The molecule has 1 saturated heterocycles. The lowest BCUT2D eigenvalue weighted by molar-refractivity contribution is -0.245. The number of benzene rings is 4. The number of aromatic nitrogens is 1. The van der Waals surface area contributed by atoms with E-state index in [-0.39, 0.29) is 24.0 Å². The van der Waals surface area contributed by atoms with Crippen molar-refractivity contribution in [1.29, 1.82) is 0 Å². The zero-order chi connectivity index (χ0) is 34.5. The third kappa shape index (κ3) is 9.72. The second kappa shape index (κ2) is 17.8. The highest BCUT2D eigenvalue weighted by Crippen LogP contribution is 2.41. The van der Waals surface area contributed by atoms with Crippen molar-refractivity contribution in [2.75, 3.05) is 18.1 Å². The van der Waals surface area contributed by atoms with Gasteiger partial charge in [0.2, 0.25) is 11.8 Å². The van der Waals surface area contributed by atoms with Gasteiger partial charge in [0, 0.05) is 54.4 Å². The van der Waals surface area contributed by atoms with Gasteiger partial charge in [-0.2, -0.15) is 0 Å². The quantitative estimate of drug-likeness (QED) is 0.0834. The van der Waals surface area contributed by atoms with Crippen LogP contribution in [0.2, 0.25) is 0 Å². The minimum absolute atomic E-state index is 0.00928. The van der Waals surface area contributed by atoms with E-state index in [0.717, 1.165) is 65.1 Å². The number of oxazole rings is 1. The van der Waals surface area contributed by atoms with Crippen LogP contribution in [0.5, 0.6) is 0 Å². The van der Waals surface area contributed by atoms with Gasteiger partial charge in [-0.3, -0.25) is 9.59 Å². The predicted octanol–water partition coefficient (Wildman–Crippen LogP) is 9.37. The molecule has 6 rings (SSSR count). The molecule has 9 heteroatoms. The van der Waals surface area contributed by atoms with Gasteiger partial charge < -0.3 is 24.5 Å². The van der Waals surface area contributed by atoms with Crippen molar-refractivity contribution in [2.24, 2.45) is 0 Å². The number of rotatable bonds is 15. The first-order valence-corrected chi connectivity index (χ1v) is 18.2. The molecular formula is C41H43N3O5S. The number of hydrogen-bond acceptors (Lipinski definition) is 7. The number of nitrogens with zero attached hydrogens (tertiary/aromatic N) is 1. The topological polar surface area (TPSA) is 103 Å². The van der Waals surface area contributed by atoms with Crippen LogP contribution in [0, 0.1) is 0 Å². The highest BCUT2D eigenvalue weighted by Gasteiger charge is 2.33. The highest BCUT2D eigenvalue weighted by atomic mass is 32.2. The molecule has 3 unspecified atom stereocenters. The van der Waals surface area contributed by atoms with Crippen LogP contribution in [0.3, 0.4) is 0 Å². The van der Waals surface area contributed by atoms with E-state index in [1.165, 1.54) is 0 Å². The van der Waals surface area contributed by atoms with Gasteiger partial charge in [0.1, 0.15) is 5.69 Å². The maximum absolute atomic E-state index is 12.6. The first kappa shape index (κ1) is 35.1. The fraction of sp³-hybridized carbons (Fsp3) is 0.293. The van der Waals surface area contributed by atoms with Gasteiger partial charge in [0.15, 0.2) is 12.1 Å². The van der Waals surface area contributed by atoms with E-state index in [1.807, 2.05) is 115 Å². The second-order valence-corrected chi connectivity index (χ2v) is 13.3. The third-order valence-electron chi connectivity index (χ3n) is 8.64. The van der Waals surface area contributed by atoms with Gasteiger partial charge in [0.25, 0.3) is 5.22 Å². The van der Waals surface area contributed by atoms with Gasteiger partial charge in [-0.25, -0.2) is 4.98 Å². The Morgan fingerprint density at radius 2 is 1.34 bits per heavy atom. The van der Waals surface area contributed by atoms with Crippen LogP contribution in [-0.2, 0) is 19.1 Å². The monoisotopic (exact) mass is 689 g/mol. The highest BCUT2D eigenvalue weighted by molar-refractivity contribution is 7.99. The molecule has 4 aromatic carbocycles. The van der Waals surface area contributed by atoms with Crippen LogP contribution in [0.25, 0.3) is 22.6 Å². The van der Waals surface area contributed by atoms with Crippen molar-refractivity contribution in [3.8, 4) is 22.6 Å². The standard InChI is InChI=1S/C41H43N3O5S/c1-42-36(45)21-13-2-3-14-22-37(46)43-33-25-23-29(24-26-33)35-27-34(47-40(48-35)32-19-11-6-12-20-32)28-50-41-44-38(30-15-7-4-8-16-30)39(49-41)31-17-9-5-10-18-31/h4-12,15-20,23-26,34-35,40H,2-3,13-14,21-22,27-28H2,1H3,(H,42,45)(H,43,46). The van der Waals surface area contributed by atoms with Gasteiger partial charge in [0.05, 0.1) is 12.2 Å². The second-order valence-electron chi connectivity index (χ2n) is 12.3. The lowest BCUT2D eigenvalue weighted by atomic mass is 10.0. The van der Waals surface area contributed by atoms with E-state index in [4.69, 9.17) is 18.9 Å². The molecule has 5 aromatic rings. The molecule has 1 aliphatic heterocycles. The van der Waals surface area contributed by atoms with Gasteiger partial charge in [-0.15, -0.1) is 0 Å². The van der Waals surface area contributed by atoms with Crippen LogP contribution in [0.15, 0.2) is 125 Å². The molecule has 1 aromatic heterocycles. The first-order valence-electron chi connectivity index (χ1n) is 17.3. The average molecular weight is 690 g/mol. The summed E-state index contributed by atoms with van der Waals surface area (Å²) < 4.78 is 19.4. The summed E-state index contributed by atoms with van der Waals surface area (Å²) in [6.07, 6.45) is 4.26. The minimum atomic E-state index is -0.527. The van der Waals surface area contributed by atoms with E-state index in [2.05, 4.69) is 10.6 Å². The Labute approximate surface area is 298 Å². The summed E-state index contributed by atoms with van der Waals surface area (Å²) >= 11 is 1.54. The van der Waals surface area contributed by atoms with Crippen LogP contribution < -0.4 is 10.6 Å². The molecule has 258 valence electrons. The molecule has 2 heterocycles. The van der Waals surface area contributed by atoms with E-state index in [1.54, 1.807) is 18.8 Å². The Balaban J connectivity index is 1.10. The van der Waals surface area contributed by atoms with Crippen LogP contribution >= 0.6 is 11.8 Å². The molecule has 0 radical (unpaired) electrons. The zero-order valence-corrected chi connectivity index (χ0v) is 29.1. The smallest absolute Gasteiger partial charge is 0.256 e. The Hall–Kier alpha value is -4.70. The summed E-state index contributed by atoms with van der Waals surface area (Å²) in [5.41, 5.74) is 5.53. The lowest BCUT2D eigenvalue weighted by Gasteiger charge is -2.36. The lowest BCUT2D eigenvalue weighted by Crippen LogP contribution is -2.31. The summed E-state index contributed by atoms with van der Waals surface area (Å²) in [4.78, 5) is 28.9. The molecule has 0 spiro atoms. The van der Waals surface area contributed by atoms with Crippen molar-refractivity contribution in [3.05, 3.63) is 126 Å². The number of unbranched alkanes of at least 4 members (excludes halogenated alkanes) is 3. The van der Waals surface area contributed by atoms with E-state index < -0.39 is 6.29 Å². The molecule has 2 amide bonds. The Morgan fingerprint density at radius 3 is 2.00 bits per heavy atom. The molecule has 0 saturated carbocycles. The molecule has 0 bridgehead atoms. The van der Waals surface area contributed by atoms with Crippen molar-refractivity contribution in [2.45, 2.75) is 68.7 Å². The number of amides is 2. The molecule has 1 aliphatic rings. The van der Waals surface area contributed by atoms with Crippen LogP contribution in [0.4, 0.5) is 5.69 Å². The maximum Gasteiger partial charge on any atom is 0.256 e. The van der Waals surface area contributed by atoms with Crippen molar-refractivity contribution >= 4 is 29.3 Å². The number of carbonyl (C=O) groups excluding carboxylic acids is 2. The number of hydrogen-bond donors (Lipinski definition) is 2. The van der Waals surface area contributed by atoms with E-state index in [0.29, 0.717) is 30.2 Å². The number of thioether (sulfide) groups is 1. The molecule has 8 nitrogen and oxygen atoms in total. The van der Waals surface area contributed by atoms with Crippen LogP contribution in [-0.4, -0.2) is 35.7 Å². The molecule has 3 atom stereocenters. The fourth-order valence-corrected chi connectivity index (χ4v) is 6.79. The van der Waals surface area contributed by atoms with Gasteiger partial charge in [-0.05, 0) is 30.5 Å². The Bertz CT molecular complexity index is 1740. The number of nitrogens with one attached hydrogen (secondary N) is 2. The zero-order valence-electron chi connectivity index (χ0n) is 28.3. The molecule has 2 N–H and O–H groups in total. The molecule has 50 heavy (non-hydrogen) atoms. The Kier molecular flexibility index (Phi) is 12.5. The summed E-state index contributed by atoms with van der Waals surface area (Å²) in [6, 6.07) is 38.1. The summed E-state index contributed by atoms with van der Waals surface area (Å²) in [6.45, 7) is 0. The maximum atomic E-state index is 12.6. The fourth-order valence-electron chi connectivity index (χ4n) is 5.95. The largest absolute Gasteiger partial charge is 0.431 e. The third-order valence-corrected chi connectivity index (χ3v) is 9.60. The molecule has 0 aliphatic carbocycles. The summed E-state index contributed by atoms with van der Waals surface area (Å²) in [5, 5.41) is 6.24. The normalized spacial score (nSPS) is 17.3.